The number of rotatable bonds is 2. The lowest BCUT2D eigenvalue weighted by molar-refractivity contribution is 0.412. The van der Waals surface area contributed by atoms with Gasteiger partial charge in [-0.1, -0.05) is 12.5 Å². The van der Waals surface area contributed by atoms with Gasteiger partial charge in [-0.05, 0) is 42.0 Å². The molecule has 1 N–H and O–H groups in total. The molecule has 0 aromatic carbocycles. The fraction of sp³-hybridized carbons (Fsp3) is 0.267. The predicted octanol–water partition coefficient (Wildman–Crippen LogP) is 2.39. The molecule has 1 saturated carbocycles. The second-order valence-electron chi connectivity index (χ2n) is 5.10. The van der Waals surface area contributed by atoms with Crippen molar-refractivity contribution < 1.29 is 0 Å². The van der Waals surface area contributed by atoms with E-state index in [1.807, 2.05) is 18.2 Å². The molecular formula is C15H12N6S. The first-order valence-corrected chi connectivity index (χ1v) is 7.95. The predicted molar refractivity (Wildman–Crippen MR) is 82.1 cm³/mol. The number of tetrazole rings is 1. The molecule has 0 unspecified atom stereocenters. The monoisotopic (exact) mass is 308 g/mol. The maximum absolute atomic E-state index is 4.60. The lowest BCUT2D eigenvalue weighted by atomic mass is 9.83. The van der Waals surface area contributed by atoms with Gasteiger partial charge in [-0.3, -0.25) is 0 Å². The Hall–Kier alpha value is -2.59. The van der Waals surface area contributed by atoms with Gasteiger partial charge >= 0.3 is 0 Å². The Morgan fingerprint density at radius 2 is 2.14 bits per heavy atom. The van der Waals surface area contributed by atoms with Crippen LogP contribution >= 0.6 is 11.3 Å². The van der Waals surface area contributed by atoms with E-state index in [1.165, 1.54) is 25.0 Å². The molecule has 0 amide bonds. The zero-order valence-corrected chi connectivity index (χ0v) is 12.5. The molecule has 3 aromatic rings. The van der Waals surface area contributed by atoms with E-state index < -0.39 is 0 Å². The molecule has 1 fully saturated rings. The van der Waals surface area contributed by atoms with Crippen LogP contribution in [0.3, 0.4) is 0 Å². The summed E-state index contributed by atoms with van der Waals surface area (Å²) >= 11 is 1.60. The number of pyridine rings is 1. The third kappa shape index (κ3) is 2.61. The second-order valence-corrected chi connectivity index (χ2v) is 5.96. The third-order valence-corrected chi connectivity index (χ3v) is 4.44. The first-order chi connectivity index (χ1) is 10.9. The standard InChI is InChI=1S/C15H12N6S/c1-3-10(4-1)13-9-22-14(17-13)8-7-11-5-2-6-12(16-11)15-18-20-21-19-15/h2,5-6,9-10H,1,3-4H2,(H,18,19,20,21). The fourth-order valence-electron chi connectivity index (χ4n) is 2.25. The van der Waals surface area contributed by atoms with Gasteiger partial charge in [0.1, 0.15) is 11.4 Å². The van der Waals surface area contributed by atoms with E-state index in [0.717, 1.165) is 5.01 Å². The van der Waals surface area contributed by atoms with E-state index in [2.05, 4.69) is 47.8 Å². The van der Waals surface area contributed by atoms with Crippen molar-refractivity contribution in [3.63, 3.8) is 0 Å². The number of H-pyrrole nitrogens is 1. The average Bonchev–Trinajstić information content (AvgIpc) is 3.15. The van der Waals surface area contributed by atoms with Crippen LogP contribution in [0.4, 0.5) is 0 Å². The topological polar surface area (TPSA) is 80.2 Å². The van der Waals surface area contributed by atoms with Crippen LogP contribution in [0.5, 0.6) is 0 Å². The Morgan fingerprint density at radius 1 is 1.18 bits per heavy atom. The molecule has 108 valence electrons. The molecule has 0 saturated heterocycles. The van der Waals surface area contributed by atoms with E-state index in [-0.39, 0.29) is 0 Å². The highest BCUT2D eigenvalue weighted by Crippen LogP contribution is 2.36. The SMILES string of the molecule is C(#Cc1nc(C2CCC2)cs1)c1cccc(-c2nn[nH]n2)n1. The van der Waals surface area contributed by atoms with E-state index in [1.54, 1.807) is 11.3 Å². The summed E-state index contributed by atoms with van der Waals surface area (Å²) in [5.74, 6) is 7.25. The number of aromatic amines is 1. The highest BCUT2D eigenvalue weighted by molar-refractivity contribution is 7.10. The lowest BCUT2D eigenvalue weighted by Crippen LogP contribution is -2.08. The largest absolute Gasteiger partial charge is 0.236 e. The summed E-state index contributed by atoms with van der Waals surface area (Å²) in [6.07, 6.45) is 3.83. The zero-order valence-electron chi connectivity index (χ0n) is 11.7. The molecule has 3 aromatic heterocycles. The highest BCUT2D eigenvalue weighted by atomic mass is 32.1. The molecule has 0 spiro atoms. The van der Waals surface area contributed by atoms with Crippen molar-refractivity contribution in [1.82, 2.24) is 30.6 Å². The molecule has 7 heteroatoms. The van der Waals surface area contributed by atoms with Gasteiger partial charge in [-0.2, -0.15) is 5.21 Å². The Bertz CT molecular complexity index is 838. The van der Waals surface area contributed by atoms with Crippen molar-refractivity contribution in [2.45, 2.75) is 25.2 Å². The molecule has 1 aliphatic rings. The number of hydrogen-bond acceptors (Lipinski definition) is 6. The lowest BCUT2D eigenvalue weighted by Gasteiger charge is -2.22. The minimum Gasteiger partial charge on any atom is -0.236 e. The minimum atomic E-state index is 0.463. The van der Waals surface area contributed by atoms with Crippen LogP contribution in [0.15, 0.2) is 23.6 Å². The van der Waals surface area contributed by atoms with Crippen LogP contribution in [0.25, 0.3) is 11.5 Å². The average molecular weight is 308 g/mol. The maximum Gasteiger partial charge on any atom is 0.223 e. The van der Waals surface area contributed by atoms with Gasteiger partial charge in [-0.25, -0.2) is 9.97 Å². The van der Waals surface area contributed by atoms with Crippen LogP contribution in [0.1, 0.15) is 41.6 Å². The molecule has 22 heavy (non-hydrogen) atoms. The summed E-state index contributed by atoms with van der Waals surface area (Å²) in [5, 5.41) is 16.7. The number of aromatic nitrogens is 6. The Labute approximate surface area is 131 Å². The quantitative estimate of drug-likeness (QED) is 0.735. The summed E-state index contributed by atoms with van der Waals surface area (Å²) in [7, 11) is 0. The number of nitrogens with one attached hydrogen (secondary N) is 1. The number of nitrogens with zero attached hydrogens (tertiary/aromatic N) is 5. The van der Waals surface area contributed by atoms with E-state index in [0.29, 0.717) is 23.1 Å². The fourth-order valence-corrected chi connectivity index (χ4v) is 3.00. The summed E-state index contributed by atoms with van der Waals surface area (Å²) in [5.41, 5.74) is 2.51. The first-order valence-electron chi connectivity index (χ1n) is 7.07. The second kappa shape index (κ2) is 5.66. The van der Waals surface area contributed by atoms with Crippen molar-refractivity contribution in [3.8, 4) is 23.4 Å². The number of thiazole rings is 1. The van der Waals surface area contributed by atoms with Crippen LogP contribution in [-0.2, 0) is 0 Å². The summed E-state index contributed by atoms with van der Waals surface area (Å²) < 4.78 is 0. The summed E-state index contributed by atoms with van der Waals surface area (Å²) in [6.45, 7) is 0. The van der Waals surface area contributed by atoms with Gasteiger partial charge in [0.15, 0.2) is 5.01 Å². The Kier molecular flexibility index (Phi) is 3.37. The third-order valence-electron chi connectivity index (χ3n) is 3.67. The summed E-state index contributed by atoms with van der Waals surface area (Å²) in [6, 6.07) is 5.56. The van der Waals surface area contributed by atoms with Crippen molar-refractivity contribution in [1.29, 1.82) is 0 Å². The van der Waals surface area contributed by atoms with Gasteiger partial charge < -0.3 is 0 Å². The molecule has 1 aliphatic carbocycles. The molecular weight excluding hydrogens is 296 g/mol. The van der Waals surface area contributed by atoms with Crippen molar-refractivity contribution in [2.24, 2.45) is 0 Å². The molecule has 0 radical (unpaired) electrons. The molecule has 0 bridgehead atoms. The van der Waals surface area contributed by atoms with Crippen LogP contribution in [0, 0.1) is 11.8 Å². The van der Waals surface area contributed by atoms with E-state index in [4.69, 9.17) is 0 Å². The molecule has 0 aliphatic heterocycles. The van der Waals surface area contributed by atoms with Gasteiger partial charge in [0.05, 0.1) is 5.69 Å². The van der Waals surface area contributed by atoms with Gasteiger partial charge in [0.25, 0.3) is 0 Å². The van der Waals surface area contributed by atoms with Crippen LogP contribution in [0.2, 0.25) is 0 Å². The maximum atomic E-state index is 4.60. The van der Waals surface area contributed by atoms with Gasteiger partial charge in [-0.15, -0.1) is 21.5 Å². The normalized spacial score (nSPS) is 14.2. The number of hydrogen-bond donors (Lipinski definition) is 1. The van der Waals surface area contributed by atoms with Crippen molar-refractivity contribution in [3.05, 3.63) is 40.0 Å². The van der Waals surface area contributed by atoms with Gasteiger partial charge in [0, 0.05) is 11.3 Å². The van der Waals surface area contributed by atoms with E-state index in [9.17, 15) is 0 Å². The smallest absolute Gasteiger partial charge is 0.223 e. The molecule has 3 heterocycles. The van der Waals surface area contributed by atoms with Gasteiger partial charge in [0.2, 0.25) is 5.82 Å². The first kappa shape index (κ1) is 13.1. The Balaban J connectivity index is 1.56. The Morgan fingerprint density at radius 3 is 2.91 bits per heavy atom. The van der Waals surface area contributed by atoms with E-state index >= 15 is 0 Å². The summed E-state index contributed by atoms with van der Waals surface area (Å²) in [4.78, 5) is 9.01. The van der Waals surface area contributed by atoms with Crippen molar-refractivity contribution >= 4 is 11.3 Å². The van der Waals surface area contributed by atoms with Crippen molar-refractivity contribution in [2.75, 3.05) is 0 Å². The molecule has 6 nitrogen and oxygen atoms in total. The van der Waals surface area contributed by atoms with Crippen LogP contribution in [-0.4, -0.2) is 30.6 Å². The minimum absolute atomic E-state index is 0.463. The highest BCUT2D eigenvalue weighted by Gasteiger charge is 2.21. The zero-order chi connectivity index (χ0) is 14.8. The molecule has 0 atom stereocenters. The van der Waals surface area contributed by atoms with Crippen LogP contribution < -0.4 is 0 Å². The molecule has 4 rings (SSSR count).